The number of hydrogen-bond donors (Lipinski definition) is 2. The van der Waals surface area contributed by atoms with Gasteiger partial charge in [-0.25, -0.2) is 0 Å². The summed E-state index contributed by atoms with van der Waals surface area (Å²) in [4.78, 5) is 0. The topological polar surface area (TPSA) is 32.3 Å². The molecule has 17 heavy (non-hydrogen) atoms. The van der Waals surface area contributed by atoms with Crippen molar-refractivity contribution in [3.8, 4) is 0 Å². The first kappa shape index (κ1) is 12.6. The van der Waals surface area contributed by atoms with E-state index in [9.17, 15) is 5.11 Å². The van der Waals surface area contributed by atoms with E-state index in [0.717, 1.165) is 25.9 Å². The summed E-state index contributed by atoms with van der Waals surface area (Å²) in [7, 11) is 0. The van der Waals surface area contributed by atoms with Crippen molar-refractivity contribution in [1.82, 2.24) is 5.32 Å². The lowest BCUT2D eigenvalue weighted by Crippen LogP contribution is -2.42. The molecule has 0 saturated carbocycles. The molecule has 1 heterocycles. The average molecular weight is 233 g/mol. The van der Waals surface area contributed by atoms with Crippen molar-refractivity contribution >= 4 is 0 Å². The Morgan fingerprint density at radius 1 is 1.24 bits per heavy atom. The van der Waals surface area contributed by atoms with Gasteiger partial charge in [-0.1, -0.05) is 30.3 Å². The first-order chi connectivity index (χ1) is 8.35. The lowest BCUT2D eigenvalue weighted by atomic mass is 9.77. The molecule has 1 fully saturated rings. The standard InChI is InChI=1S/C15H23NO/c17-13-15(10-5-11-16-12-15)9-4-8-14-6-2-1-3-7-14/h1-3,6-7,16-17H,4-5,8-13H2/t15-/m1/s1. The van der Waals surface area contributed by atoms with Crippen molar-refractivity contribution in [2.75, 3.05) is 19.7 Å². The molecule has 2 N–H and O–H groups in total. The van der Waals surface area contributed by atoms with Gasteiger partial charge >= 0.3 is 0 Å². The highest BCUT2D eigenvalue weighted by Crippen LogP contribution is 2.31. The molecule has 2 nitrogen and oxygen atoms in total. The van der Waals surface area contributed by atoms with Gasteiger partial charge in [0.1, 0.15) is 0 Å². The maximum Gasteiger partial charge on any atom is 0.0499 e. The van der Waals surface area contributed by atoms with E-state index in [-0.39, 0.29) is 5.41 Å². The van der Waals surface area contributed by atoms with E-state index >= 15 is 0 Å². The Hall–Kier alpha value is -0.860. The third-order valence-electron chi connectivity index (χ3n) is 3.91. The molecule has 1 atom stereocenters. The Balaban J connectivity index is 1.80. The summed E-state index contributed by atoms with van der Waals surface area (Å²) in [6.07, 6.45) is 5.80. The number of benzene rings is 1. The van der Waals surface area contributed by atoms with Gasteiger partial charge in [-0.15, -0.1) is 0 Å². The Kier molecular flexibility index (Phi) is 4.57. The monoisotopic (exact) mass is 233 g/mol. The number of aryl methyl sites for hydroxylation is 1. The molecular formula is C15H23NO. The van der Waals surface area contributed by atoms with Gasteiger partial charge in [-0.05, 0) is 44.2 Å². The largest absolute Gasteiger partial charge is 0.396 e. The van der Waals surface area contributed by atoms with Gasteiger partial charge in [0.2, 0.25) is 0 Å². The van der Waals surface area contributed by atoms with Crippen molar-refractivity contribution in [3.63, 3.8) is 0 Å². The molecule has 0 spiro atoms. The van der Waals surface area contributed by atoms with E-state index in [2.05, 4.69) is 35.6 Å². The van der Waals surface area contributed by atoms with Crippen LogP contribution in [0.3, 0.4) is 0 Å². The number of hydrogen-bond acceptors (Lipinski definition) is 2. The Labute approximate surface area is 104 Å². The normalized spacial score (nSPS) is 24.8. The minimum absolute atomic E-state index is 0.146. The van der Waals surface area contributed by atoms with Crippen LogP contribution in [0.25, 0.3) is 0 Å². The summed E-state index contributed by atoms with van der Waals surface area (Å²) in [5, 5.41) is 13.0. The predicted octanol–water partition coefficient (Wildman–Crippen LogP) is 2.37. The molecule has 1 aromatic carbocycles. The average Bonchev–Trinajstić information content (AvgIpc) is 2.41. The molecule has 0 bridgehead atoms. The Bertz CT molecular complexity index is 317. The Morgan fingerprint density at radius 2 is 2.06 bits per heavy atom. The zero-order valence-corrected chi connectivity index (χ0v) is 10.5. The molecule has 1 saturated heterocycles. The van der Waals surface area contributed by atoms with Crippen LogP contribution in [0.2, 0.25) is 0 Å². The second kappa shape index (κ2) is 6.18. The molecule has 2 heteroatoms. The summed E-state index contributed by atoms with van der Waals surface area (Å²) < 4.78 is 0. The predicted molar refractivity (Wildman–Crippen MR) is 71.0 cm³/mol. The molecule has 0 aromatic heterocycles. The fourth-order valence-electron chi connectivity index (χ4n) is 2.77. The molecule has 2 rings (SSSR count). The van der Waals surface area contributed by atoms with E-state index in [1.807, 2.05) is 0 Å². The molecule has 0 amide bonds. The fourth-order valence-corrected chi connectivity index (χ4v) is 2.77. The van der Waals surface area contributed by atoms with Crippen LogP contribution in [-0.4, -0.2) is 24.8 Å². The van der Waals surface area contributed by atoms with Gasteiger partial charge in [0.05, 0.1) is 0 Å². The summed E-state index contributed by atoms with van der Waals surface area (Å²) in [5.74, 6) is 0. The van der Waals surface area contributed by atoms with Crippen molar-refractivity contribution < 1.29 is 5.11 Å². The molecule has 1 aliphatic heterocycles. The number of aliphatic hydroxyl groups is 1. The van der Waals surface area contributed by atoms with Crippen LogP contribution in [-0.2, 0) is 6.42 Å². The minimum Gasteiger partial charge on any atom is -0.396 e. The van der Waals surface area contributed by atoms with Gasteiger partial charge in [0.15, 0.2) is 0 Å². The van der Waals surface area contributed by atoms with Gasteiger partial charge in [0.25, 0.3) is 0 Å². The number of rotatable bonds is 5. The van der Waals surface area contributed by atoms with Gasteiger partial charge in [0, 0.05) is 18.6 Å². The highest BCUT2D eigenvalue weighted by atomic mass is 16.3. The first-order valence-electron chi connectivity index (χ1n) is 6.70. The van der Waals surface area contributed by atoms with E-state index in [1.165, 1.54) is 24.8 Å². The second-order valence-electron chi connectivity index (χ2n) is 5.28. The van der Waals surface area contributed by atoms with E-state index in [0.29, 0.717) is 6.61 Å². The highest BCUT2D eigenvalue weighted by Gasteiger charge is 2.30. The van der Waals surface area contributed by atoms with Crippen LogP contribution in [0.4, 0.5) is 0 Å². The quantitative estimate of drug-likeness (QED) is 0.818. The van der Waals surface area contributed by atoms with Crippen LogP contribution >= 0.6 is 0 Å². The molecule has 0 aliphatic carbocycles. The fraction of sp³-hybridized carbons (Fsp3) is 0.600. The van der Waals surface area contributed by atoms with E-state index in [1.54, 1.807) is 0 Å². The highest BCUT2D eigenvalue weighted by molar-refractivity contribution is 5.14. The van der Waals surface area contributed by atoms with Gasteiger partial charge in [-0.3, -0.25) is 0 Å². The van der Waals surface area contributed by atoms with Crippen molar-refractivity contribution in [2.24, 2.45) is 5.41 Å². The number of aliphatic hydroxyl groups excluding tert-OH is 1. The smallest absolute Gasteiger partial charge is 0.0499 e. The van der Waals surface area contributed by atoms with E-state index < -0.39 is 0 Å². The van der Waals surface area contributed by atoms with Gasteiger partial charge < -0.3 is 10.4 Å². The maximum atomic E-state index is 9.60. The Morgan fingerprint density at radius 3 is 2.71 bits per heavy atom. The molecular weight excluding hydrogens is 210 g/mol. The molecule has 1 aromatic rings. The maximum absolute atomic E-state index is 9.60. The molecule has 0 unspecified atom stereocenters. The van der Waals surface area contributed by atoms with Crippen LogP contribution in [0, 0.1) is 5.41 Å². The van der Waals surface area contributed by atoms with Crippen LogP contribution in [0.15, 0.2) is 30.3 Å². The molecule has 94 valence electrons. The van der Waals surface area contributed by atoms with Crippen molar-refractivity contribution in [3.05, 3.63) is 35.9 Å². The first-order valence-corrected chi connectivity index (χ1v) is 6.70. The lowest BCUT2D eigenvalue weighted by molar-refractivity contribution is 0.0838. The summed E-state index contributed by atoms with van der Waals surface area (Å²) in [5.41, 5.74) is 1.55. The number of piperidine rings is 1. The molecule has 0 radical (unpaired) electrons. The van der Waals surface area contributed by atoms with Crippen molar-refractivity contribution in [1.29, 1.82) is 0 Å². The summed E-state index contributed by atoms with van der Waals surface area (Å²) >= 11 is 0. The zero-order chi connectivity index (χ0) is 12.0. The lowest BCUT2D eigenvalue weighted by Gasteiger charge is -2.36. The summed E-state index contributed by atoms with van der Waals surface area (Å²) in [6, 6.07) is 10.6. The third kappa shape index (κ3) is 3.55. The van der Waals surface area contributed by atoms with Crippen LogP contribution in [0.5, 0.6) is 0 Å². The zero-order valence-electron chi connectivity index (χ0n) is 10.5. The van der Waals surface area contributed by atoms with Crippen molar-refractivity contribution in [2.45, 2.75) is 32.1 Å². The summed E-state index contributed by atoms with van der Waals surface area (Å²) in [6.45, 7) is 2.42. The SMILES string of the molecule is OC[C@]1(CCCc2ccccc2)CCCNC1. The van der Waals surface area contributed by atoms with Gasteiger partial charge in [-0.2, -0.15) is 0 Å². The van der Waals surface area contributed by atoms with Crippen LogP contribution in [0.1, 0.15) is 31.2 Å². The number of nitrogens with one attached hydrogen (secondary N) is 1. The minimum atomic E-state index is 0.146. The third-order valence-corrected chi connectivity index (χ3v) is 3.91. The second-order valence-corrected chi connectivity index (χ2v) is 5.28. The molecule has 1 aliphatic rings. The van der Waals surface area contributed by atoms with Crippen LogP contribution < -0.4 is 5.32 Å². The van der Waals surface area contributed by atoms with E-state index in [4.69, 9.17) is 0 Å².